The van der Waals surface area contributed by atoms with E-state index >= 15 is 0 Å². The summed E-state index contributed by atoms with van der Waals surface area (Å²) < 4.78 is 5.77. The summed E-state index contributed by atoms with van der Waals surface area (Å²) in [5, 5.41) is 2.86. The first-order valence-electron chi connectivity index (χ1n) is 9.24. The summed E-state index contributed by atoms with van der Waals surface area (Å²) in [5.41, 5.74) is 8.21. The monoisotopic (exact) mass is 371 g/mol. The normalized spacial score (nSPS) is 24.7. The predicted molar refractivity (Wildman–Crippen MR) is 102 cm³/mol. The summed E-state index contributed by atoms with van der Waals surface area (Å²) in [6.45, 7) is 4.17. The van der Waals surface area contributed by atoms with Crippen molar-refractivity contribution in [3.05, 3.63) is 45.9 Å². The van der Waals surface area contributed by atoms with E-state index in [0.29, 0.717) is 24.9 Å². The highest BCUT2D eigenvalue weighted by molar-refractivity contribution is 7.09. The third-order valence-electron chi connectivity index (χ3n) is 5.58. The smallest absolute Gasteiger partial charge is 0.228 e. The summed E-state index contributed by atoms with van der Waals surface area (Å²) in [4.78, 5) is 19.1. The highest BCUT2D eigenvalue weighted by Gasteiger charge is 2.42. The molecular formula is C20H25N3O2S. The minimum absolute atomic E-state index is 0.169. The van der Waals surface area contributed by atoms with E-state index in [9.17, 15) is 4.79 Å². The number of aryl methyl sites for hydroxylation is 1. The first kappa shape index (κ1) is 17.5. The number of hydrogen-bond donors (Lipinski definition) is 1. The average Bonchev–Trinajstić information content (AvgIpc) is 3.32. The van der Waals surface area contributed by atoms with Crippen LogP contribution in [0.2, 0.25) is 0 Å². The summed E-state index contributed by atoms with van der Waals surface area (Å²) in [5.74, 6) is 2.10. The van der Waals surface area contributed by atoms with Gasteiger partial charge in [0.25, 0.3) is 0 Å². The Morgan fingerprint density at radius 1 is 1.31 bits per heavy atom. The lowest BCUT2D eigenvalue weighted by Gasteiger charge is -2.18. The molecule has 1 aliphatic carbocycles. The molecule has 3 atom stereocenters. The molecule has 6 heteroatoms. The molecule has 1 aromatic heterocycles. The van der Waals surface area contributed by atoms with Crippen molar-refractivity contribution in [2.45, 2.75) is 38.8 Å². The number of aromatic nitrogens is 1. The van der Waals surface area contributed by atoms with Crippen LogP contribution in [0.5, 0.6) is 5.75 Å². The molecule has 2 heterocycles. The number of fused-ring (bicyclic) bond motifs is 1. The topological polar surface area (TPSA) is 68.5 Å². The molecule has 1 aliphatic heterocycles. The Balaban J connectivity index is 1.29. The van der Waals surface area contributed by atoms with Crippen LogP contribution in [0.25, 0.3) is 0 Å². The van der Waals surface area contributed by atoms with Crippen LogP contribution in [0.4, 0.5) is 0 Å². The van der Waals surface area contributed by atoms with Crippen molar-refractivity contribution < 1.29 is 9.53 Å². The Bertz CT molecular complexity index is 774. The van der Waals surface area contributed by atoms with Crippen LogP contribution in [0.3, 0.4) is 0 Å². The van der Waals surface area contributed by atoms with E-state index in [4.69, 9.17) is 10.5 Å². The molecule has 2 aliphatic rings. The van der Waals surface area contributed by atoms with E-state index in [-0.39, 0.29) is 11.9 Å². The maximum Gasteiger partial charge on any atom is 0.228 e. The summed E-state index contributed by atoms with van der Waals surface area (Å²) in [6, 6.07) is 8.24. The Labute approximate surface area is 158 Å². The van der Waals surface area contributed by atoms with Crippen molar-refractivity contribution in [2.24, 2.45) is 17.6 Å². The number of nitrogens with zero attached hydrogens (tertiary/aromatic N) is 2. The number of thiazole rings is 1. The average molecular weight is 372 g/mol. The summed E-state index contributed by atoms with van der Waals surface area (Å²) in [6.07, 6.45) is 2.64. The predicted octanol–water partition coefficient (Wildman–Crippen LogP) is 2.77. The zero-order chi connectivity index (χ0) is 18.1. The van der Waals surface area contributed by atoms with Gasteiger partial charge in [0.2, 0.25) is 5.91 Å². The third-order valence-corrected chi connectivity index (χ3v) is 6.45. The highest BCUT2D eigenvalue weighted by Crippen LogP contribution is 2.37. The van der Waals surface area contributed by atoms with Crippen LogP contribution in [0, 0.1) is 18.8 Å². The van der Waals surface area contributed by atoms with Gasteiger partial charge < -0.3 is 15.4 Å². The van der Waals surface area contributed by atoms with Crippen molar-refractivity contribution in [2.75, 3.05) is 13.1 Å². The minimum Gasteiger partial charge on any atom is -0.486 e. The van der Waals surface area contributed by atoms with E-state index in [2.05, 4.69) is 11.9 Å². The SMILES string of the molecule is Cc1ccc(OCc2nc(CC(=O)N3CC4CCC(N)C4C3)cs2)cc1. The molecule has 1 aromatic carbocycles. The fourth-order valence-electron chi connectivity index (χ4n) is 4.05. The molecule has 0 bridgehead atoms. The van der Waals surface area contributed by atoms with Gasteiger partial charge in [-0.05, 0) is 43.7 Å². The van der Waals surface area contributed by atoms with Gasteiger partial charge in [0.15, 0.2) is 0 Å². The molecule has 0 spiro atoms. The van der Waals surface area contributed by atoms with Gasteiger partial charge in [-0.2, -0.15) is 0 Å². The molecule has 0 radical (unpaired) electrons. The maximum absolute atomic E-state index is 12.6. The second kappa shape index (κ2) is 7.37. The molecule has 26 heavy (non-hydrogen) atoms. The number of benzene rings is 1. The second-order valence-corrected chi connectivity index (χ2v) is 8.42. The van der Waals surface area contributed by atoms with Gasteiger partial charge in [0, 0.05) is 24.5 Å². The Kier molecular flexibility index (Phi) is 4.96. The lowest BCUT2D eigenvalue weighted by molar-refractivity contribution is -0.129. The van der Waals surface area contributed by atoms with Gasteiger partial charge in [-0.25, -0.2) is 4.98 Å². The lowest BCUT2D eigenvalue weighted by atomic mass is 9.98. The fraction of sp³-hybridized carbons (Fsp3) is 0.500. The van der Waals surface area contributed by atoms with E-state index < -0.39 is 0 Å². The van der Waals surface area contributed by atoms with Crippen molar-refractivity contribution >= 4 is 17.2 Å². The molecule has 1 saturated heterocycles. The zero-order valence-electron chi connectivity index (χ0n) is 15.1. The zero-order valence-corrected chi connectivity index (χ0v) is 15.9. The molecule has 2 N–H and O–H groups in total. The molecule has 3 unspecified atom stereocenters. The number of likely N-dealkylation sites (tertiary alicyclic amines) is 1. The van der Waals surface area contributed by atoms with E-state index in [1.165, 1.54) is 5.56 Å². The molecule has 1 amide bonds. The Morgan fingerprint density at radius 2 is 2.12 bits per heavy atom. The quantitative estimate of drug-likeness (QED) is 0.877. The van der Waals surface area contributed by atoms with Crippen molar-refractivity contribution in [1.82, 2.24) is 9.88 Å². The van der Waals surface area contributed by atoms with Gasteiger partial charge in [-0.15, -0.1) is 11.3 Å². The molecule has 2 fully saturated rings. The van der Waals surface area contributed by atoms with Gasteiger partial charge in [0.1, 0.15) is 17.4 Å². The van der Waals surface area contributed by atoms with Crippen LogP contribution in [0.1, 0.15) is 29.1 Å². The summed E-state index contributed by atoms with van der Waals surface area (Å²) >= 11 is 1.55. The van der Waals surface area contributed by atoms with Crippen LogP contribution in [0.15, 0.2) is 29.6 Å². The fourth-order valence-corrected chi connectivity index (χ4v) is 4.76. The second-order valence-electron chi connectivity index (χ2n) is 7.47. The Hall–Kier alpha value is -1.92. The van der Waals surface area contributed by atoms with Crippen LogP contribution >= 0.6 is 11.3 Å². The van der Waals surface area contributed by atoms with Crippen molar-refractivity contribution in [3.63, 3.8) is 0 Å². The highest BCUT2D eigenvalue weighted by atomic mass is 32.1. The lowest BCUT2D eigenvalue weighted by Crippen LogP contribution is -2.34. The van der Waals surface area contributed by atoms with Gasteiger partial charge in [-0.1, -0.05) is 17.7 Å². The number of nitrogens with two attached hydrogens (primary N) is 1. The first-order valence-corrected chi connectivity index (χ1v) is 10.1. The largest absolute Gasteiger partial charge is 0.486 e. The Morgan fingerprint density at radius 3 is 2.88 bits per heavy atom. The van der Waals surface area contributed by atoms with E-state index in [1.807, 2.05) is 34.5 Å². The number of rotatable bonds is 5. The maximum atomic E-state index is 12.6. The van der Waals surface area contributed by atoms with Crippen LogP contribution in [-0.4, -0.2) is 34.9 Å². The number of amides is 1. The standard InChI is InChI=1S/C20H25N3O2S/c1-13-2-5-16(6-3-13)25-11-19-22-15(12-26-19)8-20(24)23-9-14-4-7-18(21)17(14)10-23/h2-3,5-6,12,14,17-18H,4,7-11,21H2,1H3. The van der Waals surface area contributed by atoms with Gasteiger partial charge in [-0.3, -0.25) is 4.79 Å². The number of hydrogen-bond acceptors (Lipinski definition) is 5. The number of carbonyl (C=O) groups excluding carboxylic acids is 1. The molecular weight excluding hydrogens is 346 g/mol. The van der Waals surface area contributed by atoms with E-state index in [1.54, 1.807) is 11.3 Å². The molecule has 4 rings (SSSR count). The van der Waals surface area contributed by atoms with Crippen LogP contribution in [-0.2, 0) is 17.8 Å². The van der Waals surface area contributed by atoms with Crippen LogP contribution < -0.4 is 10.5 Å². The summed E-state index contributed by atoms with van der Waals surface area (Å²) in [7, 11) is 0. The van der Waals surface area contributed by atoms with Gasteiger partial charge in [0.05, 0.1) is 12.1 Å². The minimum atomic E-state index is 0.169. The van der Waals surface area contributed by atoms with Crippen molar-refractivity contribution in [1.29, 1.82) is 0 Å². The number of carbonyl (C=O) groups is 1. The molecule has 2 aromatic rings. The molecule has 5 nitrogen and oxygen atoms in total. The molecule has 1 saturated carbocycles. The number of ether oxygens (including phenoxy) is 1. The van der Waals surface area contributed by atoms with Gasteiger partial charge >= 0.3 is 0 Å². The third kappa shape index (κ3) is 3.76. The molecule has 138 valence electrons. The van der Waals surface area contributed by atoms with Crippen molar-refractivity contribution in [3.8, 4) is 5.75 Å². The van der Waals surface area contributed by atoms with E-state index in [0.717, 1.165) is 42.4 Å². The first-order chi connectivity index (χ1) is 12.6.